The van der Waals surface area contributed by atoms with Crippen LogP contribution < -0.4 is 20.9 Å². The average molecular weight is 371 g/mol. The maximum atomic E-state index is 11.9. The van der Waals surface area contributed by atoms with Crippen molar-refractivity contribution in [2.45, 2.75) is 19.8 Å². The molecule has 2 aromatic rings. The Labute approximate surface area is 156 Å². The highest BCUT2D eigenvalue weighted by Gasteiger charge is 2.08. The molecule has 0 atom stereocenters. The van der Waals surface area contributed by atoms with Gasteiger partial charge in [-0.1, -0.05) is 0 Å². The van der Waals surface area contributed by atoms with Gasteiger partial charge in [-0.3, -0.25) is 25.2 Å². The summed E-state index contributed by atoms with van der Waals surface area (Å²) in [7, 11) is 0. The van der Waals surface area contributed by atoms with Gasteiger partial charge in [-0.2, -0.15) is 0 Å². The minimum atomic E-state index is -0.515. The zero-order chi connectivity index (χ0) is 19.5. The number of hydrogen-bond donors (Lipinski definition) is 3. The van der Waals surface area contributed by atoms with Crippen LogP contribution in [0.1, 0.15) is 25.5 Å². The largest absolute Gasteiger partial charge is 0.494 e. The van der Waals surface area contributed by atoms with E-state index in [0.717, 1.165) is 0 Å². The Morgan fingerprint density at radius 1 is 1.04 bits per heavy atom. The van der Waals surface area contributed by atoms with E-state index in [0.29, 0.717) is 23.8 Å². The van der Waals surface area contributed by atoms with Crippen molar-refractivity contribution in [3.8, 4) is 5.75 Å². The van der Waals surface area contributed by atoms with Crippen molar-refractivity contribution in [1.29, 1.82) is 0 Å². The van der Waals surface area contributed by atoms with Crippen LogP contribution >= 0.6 is 0 Å². The monoisotopic (exact) mass is 371 g/mol. The molecule has 27 heavy (non-hydrogen) atoms. The number of rotatable bonds is 8. The van der Waals surface area contributed by atoms with Gasteiger partial charge in [0.15, 0.2) is 0 Å². The van der Waals surface area contributed by atoms with Gasteiger partial charge in [-0.25, -0.2) is 0 Å². The highest BCUT2D eigenvalue weighted by Crippen LogP contribution is 2.15. The zero-order valence-corrected chi connectivity index (χ0v) is 14.9. The molecule has 0 aliphatic heterocycles. The van der Waals surface area contributed by atoms with E-state index in [1.165, 1.54) is 18.4 Å². The van der Waals surface area contributed by atoms with E-state index < -0.39 is 11.8 Å². The van der Waals surface area contributed by atoms with Crippen LogP contribution in [0.25, 0.3) is 6.08 Å². The molecule has 1 aromatic heterocycles. The van der Waals surface area contributed by atoms with E-state index >= 15 is 0 Å². The first-order chi connectivity index (χ1) is 13.1. The second kappa shape index (κ2) is 10.4. The van der Waals surface area contributed by atoms with Crippen molar-refractivity contribution in [2.75, 3.05) is 11.9 Å². The Hall–Kier alpha value is -3.55. The molecule has 8 nitrogen and oxygen atoms in total. The SMILES string of the molecule is CCOc1ccc(NC(=O)CCC(=O)NNC(=O)C=Cc2ccco2)cc1. The second-order valence-corrected chi connectivity index (χ2v) is 5.39. The predicted molar refractivity (Wildman–Crippen MR) is 99.5 cm³/mol. The highest BCUT2D eigenvalue weighted by molar-refractivity contribution is 5.95. The molecule has 0 radical (unpaired) electrons. The average Bonchev–Trinajstić information content (AvgIpc) is 3.18. The fraction of sp³-hybridized carbons (Fsp3) is 0.211. The number of hydrazine groups is 1. The molecule has 0 unspecified atom stereocenters. The zero-order valence-electron chi connectivity index (χ0n) is 14.9. The quantitative estimate of drug-likeness (QED) is 0.487. The maximum Gasteiger partial charge on any atom is 0.262 e. The van der Waals surface area contributed by atoms with Gasteiger partial charge >= 0.3 is 0 Å². The third-order valence-electron chi connectivity index (χ3n) is 3.30. The van der Waals surface area contributed by atoms with Gasteiger partial charge in [0, 0.05) is 24.6 Å². The van der Waals surface area contributed by atoms with Crippen molar-refractivity contribution in [3.05, 3.63) is 54.5 Å². The molecule has 0 spiro atoms. The van der Waals surface area contributed by atoms with Crippen LogP contribution in [0.3, 0.4) is 0 Å². The number of furan rings is 1. The molecule has 1 heterocycles. The summed E-state index contributed by atoms with van der Waals surface area (Å²) in [4.78, 5) is 35.1. The number of ether oxygens (including phenoxy) is 1. The van der Waals surface area contributed by atoms with Gasteiger partial charge in [-0.15, -0.1) is 0 Å². The molecule has 3 amide bonds. The van der Waals surface area contributed by atoms with Crippen LogP contribution in [0.4, 0.5) is 5.69 Å². The molecule has 8 heteroatoms. The fourth-order valence-electron chi connectivity index (χ4n) is 2.03. The van der Waals surface area contributed by atoms with E-state index in [-0.39, 0.29) is 18.7 Å². The molecule has 3 N–H and O–H groups in total. The van der Waals surface area contributed by atoms with Gasteiger partial charge in [-0.05, 0) is 49.4 Å². The van der Waals surface area contributed by atoms with Gasteiger partial charge in [0.2, 0.25) is 11.8 Å². The molecule has 0 saturated carbocycles. The summed E-state index contributed by atoms with van der Waals surface area (Å²) < 4.78 is 10.4. The van der Waals surface area contributed by atoms with E-state index in [2.05, 4.69) is 16.2 Å². The summed E-state index contributed by atoms with van der Waals surface area (Å²) in [5.41, 5.74) is 5.07. The van der Waals surface area contributed by atoms with E-state index in [4.69, 9.17) is 9.15 Å². The molecule has 0 aliphatic carbocycles. The Morgan fingerprint density at radius 3 is 2.44 bits per heavy atom. The van der Waals surface area contributed by atoms with Gasteiger partial charge in [0.25, 0.3) is 5.91 Å². The van der Waals surface area contributed by atoms with E-state index in [1.807, 2.05) is 6.92 Å². The molecule has 0 bridgehead atoms. The van der Waals surface area contributed by atoms with E-state index in [1.54, 1.807) is 36.4 Å². The molecule has 2 rings (SSSR count). The normalized spacial score (nSPS) is 10.4. The number of amides is 3. The summed E-state index contributed by atoms with van der Waals surface area (Å²) >= 11 is 0. The smallest absolute Gasteiger partial charge is 0.262 e. The first-order valence-corrected chi connectivity index (χ1v) is 8.40. The van der Waals surface area contributed by atoms with Gasteiger partial charge < -0.3 is 14.5 Å². The molecule has 0 saturated heterocycles. The predicted octanol–water partition coefficient (Wildman–Crippen LogP) is 2.26. The standard InChI is InChI=1S/C19H21N3O5/c1-2-26-16-7-5-14(6-8-16)20-17(23)11-12-19(25)22-21-18(24)10-9-15-4-3-13-27-15/h3-10,13H,2,11-12H2,1H3,(H,20,23)(H,21,24)(H,22,25). The van der Waals surface area contributed by atoms with Crippen molar-refractivity contribution in [2.24, 2.45) is 0 Å². The topological polar surface area (TPSA) is 110 Å². The molecule has 0 fully saturated rings. The number of anilines is 1. The minimum absolute atomic E-state index is 0.0167. The van der Waals surface area contributed by atoms with Gasteiger partial charge in [0.05, 0.1) is 12.9 Å². The molecule has 1 aromatic carbocycles. The lowest BCUT2D eigenvalue weighted by atomic mass is 10.2. The van der Waals surface area contributed by atoms with Crippen LogP contribution in [0.15, 0.2) is 53.2 Å². The fourth-order valence-corrected chi connectivity index (χ4v) is 2.03. The number of hydrogen-bond acceptors (Lipinski definition) is 5. The van der Waals surface area contributed by atoms with Crippen molar-refractivity contribution in [1.82, 2.24) is 10.9 Å². The Morgan fingerprint density at radius 2 is 1.78 bits per heavy atom. The second-order valence-electron chi connectivity index (χ2n) is 5.39. The van der Waals surface area contributed by atoms with Crippen LogP contribution in [-0.4, -0.2) is 24.3 Å². The number of benzene rings is 1. The third kappa shape index (κ3) is 7.47. The highest BCUT2D eigenvalue weighted by atomic mass is 16.5. The Kier molecular flexibility index (Phi) is 7.65. The van der Waals surface area contributed by atoms with Crippen molar-refractivity contribution < 1.29 is 23.5 Å². The van der Waals surface area contributed by atoms with Crippen LogP contribution in [0.2, 0.25) is 0 Å². The number of carbonyl (C=O) groups excluding carboxylic acids is 3. The first kappa shape index (κ1) is 19.8. The molecule has 142 valence electrons. The van der Waals surface area contributed by atoms with Gasteiger partial charge in [0.1, 0.15) is 11.5 Å². The lowest BCUT2D eigenvalue weighted by Gasteiger charge is -2.08. The summed E-state index contributed by atoms with van der Waals surface area (Å²) in [5.74, 6) is -0.0670. The van der Waals surface area contributed by atoms with Crippen LogP contribution in [0, 0.1) is 0 Å². The molecular formula is C19H21N3O5. The lowest BCUT2D eigenvalue weighted by Crippen LogP contribution is -2.40. The first-order valence-electron chi connectivity index (χ1n) is 8.40. The molecule has 0 aliphatic rings. The summed E-state index contributed by atoms with van der Waals surface area (Å²) in [6.45, 7) is 2.45. The Bertz CT molecular complexity index is 782. The summed E-state index contributed by atoms with van der Waals surface area (Å²) in [6.07, 6.45) is 4.09. The van der Waals surface area contributed by atoms with Crippen molar-refractivity contribution in [3.63, 3.8) is 0 Å². The maximum absolute atomic E-state index is 11.9. The lowest BCUT2D eigenvalue weighted by molar-refractivity contribution is -0.128. The van der Waals surface area contributed by atoms with Crippen LogP contribution in [0.5, 0.6) is 5.75 Å². The summed E-state index contributed by atoms with van der Waals surface area (Å²) in [5, 5.41) is 2.68. The minimum Gasteiger partial charge on any atom is -0.494 e. The van der Waals surface area contributed by atoms with E-state index in [9.17, 15) is 14.4 Å². The number of carbonyl (C=O) groups is 3. The third-order valence-corrected chi connectivity index (χ3v) is 3.30. The van der Waals surface area contributed by atoms with Crippen molar-refractivity contribution >= 4 is 29.5 Å². The number of nitrogens with one attached hydrogen (secondary N) is 3. The van der Waals surface area contributed by atoms with Crippen LogP contribution in [-0.2, 0) is 14.4 Å². The summed E-state index contributed by atoms with van der Waals surface area (Å²) in [6, 6.07) is 10.3. The molecular weight excluding hydrogens is 350 g/mol. The Balaban J connectivity index is 1.65.